The van der Waals surface area contributed by atoms with Crippen molar-refractivity contribution in [2.24, 2.45) is 5.92 Å². The third kappa shape index (κ3) is 3.69. The van der Waals surface area contributed by atoms with Gasteiger partial charge in [0.25, 0.3) is 0 Å². The number of ether oxygens (including phenoxy) is 1. The molecule has 1 heterocycles. The van der Waals surface area contributed by atoms with Crippen LogP contribution in [0.2, 0.25) is 5.02 Å². The van der Waals surface area contributed by atoms with Gasteiger partial charge in [0.1, 0.15) is 5.82 Å². The smallest absolute Gasteiger partial charge is 0.223 e. The number of benzene rings is 1. The van der Waals surface area contributed by atoms with E-state index in [9.17, 15) is 14.3 Å². The fourth-order valence-corrected chi connectivity index (χ4v) is 2.33. The minimum atomic E-state index is -0.628. The first-order chi connectivity index (χ1) is 9.61. The molecule has 2 N–H and O–H groups in total. The van der Waals surface area contributed by atoms with Gasteiger partial charge in [-0.05, 0) is 30.5 Å². The van der Waals surface area contributed by atoms with Crippen LogP contribution in [0.5, 0.6) is 0 Å². The standard InChI is InChI=1S/C14H17ClFNO3/c15-11-2-1-10(7-12(11)16)13(8-18)17-14(19)9-3-5-20-6-4-9/h1-2,7,9,13,18H,3-6,8H2,(H,17,19). The molecule has 0 aromatic heterocycles. The third-order valence-electron chi connectivity index (χ3n) is 3.44. The van der Waals surface area contributed by atoms with Crippen molar-refractivity contribution in [1.82, 2.24) is 5.32 Å². The lowest BCUT2D eigenvalue weighted by Crippen LogP contribution is -2.38. The van der Waals surface area contributed by atoms with Crippen molar-refractivity contribution in [2.75, 3.05) is 19.8 Å². The molecule has 1 amide bonds. The molecule has 0 aliphatic carbocycles. The molecular weight excluding hydrogens is 285 g/mol. The van der Waals surface area contributed by atoms with Crippen LogP contribution in [-0.2, 0) is 9.53 Å². The van der Waals surface area contributed by atoms with Gasteiger partial charge in [0.05, 0.1) is 17.7 Å². The number of aliphatic hydroxyl groups excluding tert-OH is 1. The average Bonchev–Trinajstić information content (AvgIpc) is 2.48. The number of nitrogens with one attached hydrogen (secondary N) is 1. The van der Waals surface area contributed by atoms with Crippen LogP contribution in [0.3, 0.4) is 0 Å². The van der Waals surface area contributed by atoms with E-state index in [1.54, 1.807) is 6.07 Å². The molecular formula is C14H17ClFNO3. The first kappa shape index (κ1) is 15.2. The second-order valence-corrected chi connectivity index (χ2v) is 5.21. The maximum atomic E-state index is 13.4. The highest BCUT2D eigenvalue weighted by atomic mass is 35.5. The largest absolute Gasteiger partial charge is 0.394 e. The summed E-state index contributed by atoms with van der Waals surface area (Å²) in [5.41, 5.74) is 0.495. The van der Waals surface area contributed by atoms with Crippen LogP contribution >= 0.6 is 11.6 Å². The van der Waals surface area contributed by atoms with E-state index in [1.807, 2.05) is 0 Å². The molecule has 0 bridgehead atoms. The van der Waals surface area contributed by atoms with Gasteiger partial charge in [-0.15, -0.1) is 0 Å². The predicted octanol–water partition coefficient (Wildman–Crippen LogP) is 2.06. The Morgan fingerprint density at radius 2 is 2.20 bits per heavy atom. The Morgan fingerprint density at radius 3 is 2.80 bits per heavy atom. The summed E-state index contributed by atoms with van der Waals surface area (Å²) in [4.78, 5) is 12.1. The van der Waals surface area contributed by atoms with Crippen LogP contribution in [0.25, 0.3) is 0 Å². The Kier molecular flexibility index (Phi) is 5.34. The van der Waals surface area contributed by atoms with Gasteiger partial charge in [0.15, 0.2) is 0 Å². The molecule has 110 valence electrons. The zero-order valence-electron chi connectivity index (χ0n) is 10.9. The first-order valence-electron chi connectivity index (χ1n) is 6.55. The quantitative estimate of drug-likeness (QED) is 0.895. The second kappa shape index (κ2) is 7.02. The molecule has 1 fully saturated rings. The molecule has 20 heavy (non-hydrogen) atoms. The Labute approximate surface area is 121 Å². The van der Waals surface area contributed by atoms with Crippen LogP contribution in [0.1, 0.15) is 24.4 Å². The summed E-state index contributed by atoms with van der Waals surface area (Å²) in [6.07, 6.45) is 1.33. The summed E-state index contributed by atoms with van der Waals surface area (Å²) in [5, 5.41) is 12.2. The van der Waals surface area contributed by atoms with Crippen molar-refractivity contribution in [3.63, 3.8) is 0 Å². The number of halogens is 2. The number of carbonyl (C=O) groups excluding carboxylic acids is 1. The first-order valence-corrected chi connectivity index (χ1v) is 6.93. The predicted molar refractivity (Wildman–Crippen MR) is 72.9 cm³/mol. The van der Waals surface area contributed by atoms with Crippen LogP contribution in [0.15, 0.2) is 18.2 Å². The lowest BCUT2D eigenvalue weighted by molar-refractivity contribution is -0.128. The summed E-state index contributed by atoms with van der Waals surface area (Å²) < 4.78 is 18.6. The molecule has 0 spiro atoms. The number of amides is 1. The minimum absolute atomic E-state index is 0.0150. The molecule has 1 aliphatic heterocycles. The van der Waals surface area contributed by atoms with Gasteiger partial charge in [0, 0.05) is 19.1 Å². The zero-order chi connectivity index (χ0) is 14.5. The van der Waals surface area contributed by atoms with E-state index < -0.39 is 11.9 Å². The molecule has 1 saturated heterocycles. The Balaban J connectivity index is 2.04. The highest BCUT2D eigenvalue weighted by Crippen LogP contribution is 2.22. The fourth-order valence-electron chi connectivity index (χ4n) is 2.21. The third-order valence-corrected chi connectivity index (χ3v) is 3.74. The summed E-state index contributed by atoms with van der Waals surface area (Å²) >= 11 is 5.62. The maximum absolute atomic E-state index is 13.4. The fraction of sp³-hybridized carbons (Fsp3) is 0.500. The monoisotopic (exact) mass is 301 g/mol. The van der Waals surface area contributed by atoms with Crippen molar-refractivity contribution in [3.8, 4) is 0 Å². The summed E-state index contributed by atoms with van der Waals surface area (Å²) in [5.74, 6) is -0.819. The molecule has 1 atom stereocenters. The summed E-state index contributed by atoms with van der Waals surface area (Å²) in [7, 11) is 0. The Hall–Kier alpha value is -1.17. The van der Waals surface area contributed by atoms with Gasteiger partial charge < -0.3 is 15.2 Å². The van der Waals surface area contributed by atoms with E-state index in [0.717, 1.165) is 0 Å². The molecule has 1 aliphatic rings. The molecule has 0 saturated carbocycles. The number of hydrogen-bond donors (Lipinski definition) is 2. The van der Waals surface area contributed by atoms with E-state index in [0.29, 0.717) is 31.6 Å². The van der Waals surface area contributed by atoms with E-state index in [2.05, 4.69) is 5.32 Å². The number of carbonyl (C=O) groups is 1. The number of aliphatic hydroxyl groups is 1. The van der Waals surface area contributed by atoms with E-state index in [-0.39, 0.29) is 23.5 Å². The molecule has 0 radical (unpaired) electrons. The highest BCUT2D eigenvalue weighted by molar-refractivity contribution is 6.30. The normalized spacial score (nSPS) is 17.8. The van der Waals surface area contributed by atoms with Gasteiger partial charge in [-0.1, -0.05) is 17.7 Å². The van der Waals surface area contributed by atoms with Crippen LogP contribution in [0, 0.1) is 11.7 Å². The van der Waals surface area contributed by atoms with E-state index in [4.69, 9.17) is 16.3 Å². The second-order valence-electron chi connectivity index (χ2n) is 4.80. The average molecular weight is 302 g/mol. The van der Waals surface area contributed by atoms with E-state index in [1.165, 1.54) is 12.1 Å². The minimum Gasteiger partial charge on any atom is -0.394 e. The number of hydrogen-bond acceptors (Lipinski definition) is 3. The van der Waals surface area contributed by atoms with Crippen molar-refractivity contribution in [2.45, 2.75) is 18.9 Å². The molecule has 2 rings (SSSR count). The molecule has 1 aromatic rings. The van der Waals surface area contributed by atoms with Crippen molar-refractivity contribution in [3.05, 3.63) is 34.6 Å². The highest BCUT2D eigenvalue weighted by Gasteiger charge is 2.24. The molecule has 1 aromatic carbocycles. The SMILES string of the molecule is O=C(NC(CO)c1ccc(Cl)c(F)c1)C1CCOCC1. The number of rotatable bonds is 4. The Morgan fingerprint density at radius 1 is 1.50 bits per heavy atom. The molecule has 4 nitrogen and oxygen atoms in total. The van der Waals surface area contributed by atoms with Crippen molar-refractivity contribution >= 4 is 17.5 Å². The van der Waals surface area contributed by atoms with Crippen molar-refractivity contribution < 1.29 is 19.0 Å². The van der Waals surface area contributed by atoms with Gasteiger partial charge in [-0.2, -0.15) is 0 Å². The van der Waals surface area contributed by atoms with E-state index >= 15 is 0 Å². The summed E-state index contributed by atoms with van der Waals surface area (Å²) in [6.45, 7) is 0.838. The van der Waals surface area contributed by atoms with Crippen LogP contribution in [-0.4, -0.2) is 30.8 Å². The topological polar surface area (TPSA) is 58.6 Å². The lowest BCUT2D eigenvalue weighted by atomic mass is 9.98. The zero-order valence-corrected chi connectivity index (χ0v) is 11.7. The summed E-state index contributed by atoms with van der Waals surface area (Å²) in [6, 6.07) is 3.61. The maximum Gasteiger partial charge on any atom is 0.223 e. The molecule has 1 unspecified atom stereocenters. The van der Waals surface area contributed by atoms with Crippen molar-refractivity contribution in [1.29, 1.82) is 0 Å². The van der Waals surface area contributed by atoms with Crippen LogP contribution in [0.4, 0.5) is 4.39 Å². The van der Waals surface area contributed by atoms with Crippen LogP contribution < -0.4 is 5.32 Å². The van der Waals surface area contributed by atoms with Gasteiger partial charge in [-0.25, -0.2) is 4.39 Å². The molecule has 6 heteroatoms. The van der Waals surface area contributed by atoms with Gasteiger partial charge in [0.2, 0.25) is 5.91 Å². The van der Waals surface area contributed by atoms with Gasteiger partial charge >= 0.3 is 0 Å². The Bertz CT molecular complexity index is 477. The lowest BCUT2D eigenvalue weighted by Gasteiger charge is -2.24. The van der Waals surface area contributed by atoms with Gasteiger partial charge in [-0.3, -0.25) is 4.79 Å².